The lowest BCUT2D eigenvalue weighted by atomic mass is 10.1. The van der Waals surface area contributed by atoms with Crippen LogP contribution in [-0.2, 0) is 12.8 Å². The third-order valence-electron chi connectivity index (χ3n) is 5.20. The quantitative estimate of drug-likeness (QED) is 0.418. The number of carbonyl (C=O) groups excluding carboxylic acids is 1. The number of benzene rings is 2. The largest absolute Gasteiger partial charge is 0.436 e. The molecular weight excluding hydrogens is 447 g/mol. The second kappa shape index (κ2) is 9.11. The molecule has 0 spiro atoms. The standard InChI is InChI=1S/C25H20F3N3O3/c1-14-3-7-18(8-4-14)30-23(33)21-11-20-16(13-32)12-29-15(2)22(20)34-24(21)31-19-9-5-17(6-10-19)25(26,27)28/h3-12,32H,13H2,1-2H3,(H,30,33). The Kier molecular flexibility index (Phi) is 6.21. The van der Waals surface area contributed by atoms with Crippen molar-refractivity contribution in [1.29, 1.82) is 0 Å². The number of amides is 1. The number of nitrogens with one attached hydrogen (secondary N) is 1. The van der Waals surface area contributed by atoms with Gasteiger partial charge in [0.05, 0.1) is 23.6 Å². The van der Waals surface area contributed by atoms with Crippen LogP contribution in [0.4, 0.5) is 24.5 Å². The van der Waals surface area contributed by atoms with Crippen LogP contribution in [0.2, 0.25) is 0 Å². The lowest BCUT2D eigenvalue weighted by Gasteiger charge is -2.10. The molecule has 0 atom stereocenters. The molecule has 2 heterocycles. The Hall–Kier alpha value is -3.98. The van der Waals surface area contributed by atoms with Gasteiger partial charge in [0.15, 0.2) is 5.58 Å². The van der Waals surface area contributed by atoms with Crippen molar-refractivity contribution in [2.75, 3.05) is 5.32 Å². The predicted molar refractivity (Wildman–Crippen MR) is 120 cm³/mol. The molecule has 0 saturated carbocycles. The summed E-state index contributed by atoms with van der Waals surface area (Å²) in [5.41, 5.74) is 2.14. The number of aromatic nitrogens is 1. The van der Waals surface area contributed by atoms with E-state index in [4.69, 9.17) is 4.42 Å². The van der Waals surface area contributed by atoms with Gasteiger partial charge < -0.3 is 14.8 Å². The van der Waals surface area contributed by atoms with E-state index in [9.17, 15) is 23.1 Å². The van der Waals surface area contributed by atoms with Gasteiger partial charge in [0.1, 0.15) is 5.56 Å². The number of hydrogen-bond donors (Lipinski definition) is 2. The van der Waals surface area contributed by atoms with Crippen LogP contribution in [-0.4, -0.2) is 16.0 Å². The number of fused-ring (bicyclic) bond motifs is 1. The first-order valence-electron chi connectivity index (χ1n) is 10.3. The van der Waals surface area contributed by atoms with E-state index < -0.39 is 17.6 Å². The van der Waals surface area contributed by atoms with E-state index in [1.54, 1.807) is 19.1 Å². The van der Waals surface area contributed by atoms with Gasteiger partial charge in [-0.1, -0.05) is 17.7 Å². The summed E-state index contributed by atoms with van der Waals surface area (Å²) >= 11 is 0. The average molecular weight is 467 g/mol. The number of pyridine rings is 1. The molecule has 0 fully saturated rings. The van der Waals surface area contributed by atoms with E-state index in [-0.39, 0.29) is 23.4 Å². The molecule has 0 bridgehead atoms. The first-order chi connectivity index (χ1) is 16.2. The number of alkyl halides is 3. The number of nitrogens with zero attached hydrogens (tertiary/aromatic N) is 2. The van der Waals surface area contributed by atoms with E-state index >= 15 is 0 Å². The molecule has 174 valence electrons. The number of aliphatic hydroxyl groups excluding tert-OH is 1. The molecular formula is C25H20F3N3O3. The van der Waals surface area contributed by atoms with Gasteiger partial charge in [-0.25, -0.2) is 4.99 Å². The first-order valence-corrected chi connectivity index (χ1v) is 10.3. The molecule has 0 radical (unpaired) electrons. The fourth-order valence-corrected chi connectivity index (χ4v) is 3.34. The van der Waals surface area contributed by atoms with Crippen molar-refractivity contribution in [3.63, 3.8) is 0 Å². The number of aliphatic hydroxyl groups is 1. The van der Waals surface area contributed by atoms with Gasteiger partial charge in [-0.05, 0) is 56.3 Å². The molecule has 0 aliphatic heterocycles. The summed E-state index contributed by atoms with van der Waals surface area (Å²) < 4.78 is 44.7. The fraction of sp³-hybridized carbons (Fsp3) is 0.160. The summed E-state index contributed by atoms with van der Waals surface area (Å²) in [5.74, 6) is -0.529. The molecule has 9 heteroatoms. The molecule has 2 aromatic heterocycles. The Morgan fingerprint density at radius 2 is 1.76 bits per heavy atom. The normalized spacial score (nSPS) is 12.2. The van der Waals surface area contributed by atoms with Crippen LogP contribution < -0.4 is 10.9 Å². The summed E-state index contributed by atoms with van der Waals surface area (Å²) in [6.07, 6.45) is -2.99. The summed E-state index contributed by atoms with van der Waals surface area (Å²) in [6.45, 7) is 3.29. The van der Waals surface area contributed by atoms with Crippen molar-refractivity contribution < 1.29 is 27.5 Å². The van der Waals surface area contributed by atoms with E-state index in [1.165, 1.54) is 24.4 Å². The first kappa shape index (κ1) is 23.2. The summed E-state index contributed by atoms with van der Waals surface area (Å²) in [5, 5.41) is 13.0. The molecule has 0 aliphatic carbocycles. The Morgan fingerprint density at radius 3 is 2.38 bits per heavy atom. The van der Waals surface area contributed by atoms with Crippen molar-refractivity contribution in [1.82, 2.24) is 4.98 Å². The highest BCUT2D eigenvalue weighted by Crippen LogP contribution is 2.30. The van der Waals surface area contributed by atoms with Crippen LogP contribution in [0.25, 0.3) is 11.0 Å². The number of anilines is 1. The zero-order valence-corrected chi connectivity index (χ0v) is 18.3. The van der Waals surface area contributed by atoms with E-state index in [0.717, 1.165) is 17.7 Å². The highest BCUT2D eigenvalue weighted by atomic mass is 19.4. The van der Waals surface area contributed by atoms with Crippen molar-refractivity contribution >= 4 is 28.3 Å². The van der Waals surface area contributed by atoms with E-state index in [2.05, 4.69) is 15.3 Å². The second-order valence-corrected chi connectivity index (χ2v) is 7.71. The molecule has 4 rings (SSSR count). The van der Waals surface area contributed by atoms with Crippen LogP contribution in [0, 0.1) is 13.8 Å². The maximum absolute atomic E-state index is 13.2. The maximum Gasteiger partial charge on any atom is 0.416 e. The number of carbonyl (C=O) groups is 1. The van der Waals surface area contributed by atoms with E-state index in [1.807, 2.05) is 19.1 Å². The lowest BCUT2D eigenvalue weighted by molar-refractivity contribution is -0.137. The minimum Gasteiger partial charge on any atom is -0.436 e. The molecule has 6 nitrogen and oxygen atoms in total. The van der Waals surface area contributed by atoms with Gasteiger partial charge in [0.2, 0.25) is 5.55 Å². The molecule has 2 N–H and O–H groups in total. The number of hydrogen-bond acceptors (Lipinski definition) is 5. The second-order valence-electron chi connectivity index (χ2n) is 7.71. The Morgan fingerprint density at radius 1 is 1.09 bits per heavy atom. The number of aryl methyl sites for hydroxylation is 2. The molecule has 0 unspecified atom stereocenters. The minimum atomic E-state index is -4.48. The monoisotopic (exact) mass is 467 g/mol. The number of halogens is 3. The van der Waals surface area contributed by atoms with Gasteiger partial charge in [-0.3, -0.25) is 9.78 Å². The lowest BCUT2D eigenvalue weighted by Crippen LogP contribution is -2.22. The molecule has 4 aromatic rings. The zero-order valence-electron chi connectivity index (χ0n) is 18.3. The topological polar surface area (TPSA) is 87.7 Å². The third-order valence-corrected chi connectivity index (χ3v) is 5.20. The predicted octanol–water partition coefficient (Wildman–Crippen LogP) is 5.44. The fourth-order valence-electron chi connectivity index (χ4n) is 3.34. The maximum atomic E-state index is 13.2. The summed E-state index contributed by atoms with van der Waals surface area (Å²) in [7, 11) is 0. The molecule has 0 saturated heterocycles. The van der Waals surface area contributed by atoms with Crippen molar-refractivity contribution in [2.24, 2.45) is 4.99 Å². The van der Waals surface area contributed by atoms with Crippen LogP contribution in [0.1, 0.15) is 32.7 Å². The van der Waals surface area contributed by atoms with Crippen LogP contribution >= 0.6 is 0 Å². The van der Waals surface area contributed by atoms with Gasteiger partial charge in [-0.15, -0.1) is 0 Å². The summed E-state index contributed by atoms with van der Waals surface area (Å²) in [4.78, 5) is 21.7. The van der Waals surface area contributed by atoms with Gasteiger partial charge >= 0.3 is 6.18 Å². The van der Waals surface area contributed by atoms with Crippen LogP contribution in [0.5, 0.6) is 0 Å². The Labute approximate surface area is 192 Å². The molecule has 1 amide bonds. The molecule has 0 aliphatic rings. The Bertz CT molecular complexity index is 1420. The van der Waals surface area contributed by atoms with Crippen molar-refractivity contribution in [3.05, 3.63) is 94.3 Å². The molecule has 34 heavy (non-hydrogen) atoms. The van der Waals surface area contributed by atoms with Gasteiger partial charge in [0, 0.05) is 22.8 Å². The van der Waals surface area contributed by atoms with E-state index in [0.29, 0.717) is 27.9 Å². The highest BCUT2D eigenvalue weighted by Gasteiger charge is 2.30. The minimum absolute atomic E-state index is 0.0493. The smallest absolute Gasteiger partial charge is 0.416 e. The van der Waals surface area contributed by atoms with Crippen LogP contribution in [0.3, 0.4) is 0 Å². The van der Waals surface area contributed by atoms with Crippen molar-refractivity contribution in [2.45, 2.75) is 26.6 Å². The van der Waals surface area contributed by atoms with Gasteiger partial charge in [0.25, 0.3) is 5.91 Å². The number of rotatable bonds is 4. The Balaban J connectivity index is 1.87. The average Bonchev–Trinajstić information content (AvgIpc) is 2.80. The zero-order chi connectivity index (χ0) is 24.5. The van der Waals surface area contributed by atoms with Crippen LogP contribution in [0.15, 0.2) is 70.2 Å². The SMILES string of the molecule is Cc1ccc(NC(=O)c2cc3c(CO)cnc(C)c3oc2=Nc2ccc(C(F)(F)F)cc2)cc1. The third kappa shape index (κ3) is 4.84. The van der Waals surface area contributed by atoms with Crippen molar-refractivity contribution in [3.8, 4) is 0 Å². The summed E-state index contributed by atoms with van der Waals surface area (Å²) in [6, 6.07) is 12.9. The van der Waals surface area contributed by atoms with Gasteiger partial charge in [-0.2, -0.15) is 13.2 Å². The molecule has 2 aromatic carbocycles. The highest BCUT2D eigenvalue weighted by molar-refractivity contribution is 6.05.